The molecule has 7 heteroatoms. The normalized spacial score (nSPS) is 22.5. The monoisotopic (exact) mass is 580 g/mol. The Kier molecular flexibility index (Phi) is 13.8. The zero-order chi connectivity index (χ0) is 29.0. The van der Waals surface area contributed by atoms with Crippen LogP contribution in [0.1, 0.15) is 94.6 Å². The Labute approximate surface area is 244 Å². The van der Waals surface area contributed by atoms with Gasteiger partial charge in [-0.25, -0.2) is 8.78 Å². The maximum atomic E-state index is 16.0. The molecule has 0 N–H and O–H groups in total. The summed E-state index contributed by atoms with van der Waals surface area (Å²) in [5.74, 6) is -3.27. The van der Waals surface area contributed by atoms with Crippen molar-refractivity contribution in [2.24, 2.45) is 0 Å². The standard InChI is InChI=1S/C33H47ClF2O4/c1-5-9-18-37-23-29-33(35,36)32(39-20-11-7-3)31(38-19-10-6-2)30(40-29)26-16-17-28(34)27(22-26)21-25-14-12-24(8-4)13-15-25/h12-17,22,29-32H,5-11,18-21,23H2,1-4H3. The van der Waals surface area contributed by atoms with Gasteiger partial charge >= 0.3 is 5.92 Å². The van der Waals surface area contributed by atoms with Crippen LogP contribution in [0.3, 0.4) is 0 Å². The second-order valence-corrected chi connectivity index (χ2v) is 11.1. The summed E-state index contributed by atoms with van der Waals surface area (Å²) in [6, 6.07) is 14.1. The SMILES string of the molecule is CCCCOCC1OC(c2ccc(Cl)c(Cc3ccc(CC)cc3)c2)C(OCCCC)C(OCCCC)C1(F)F. The molecule has 0 aliphatic carbocycles. The van der Waals surface area contributed by atoms with E-state index in [-0.39, 0.29) is 13.2 Å². The highest BCUT2D eigenvalue weighted by Gasteiger charge is 2.60. The van der Waals surface area contributed by atoms with Crippen molar-refractivity contribution >= 4 is 11.6 Å². The summed E-state index contributed by atoms with van der Waals surface area (Å²) in [6.07, 6.45) is 1.92. The summed E-state index contributed by atoms with van der Waals surface area (Å²) in [7, 11) is 0. The highest BCUT2D eigenvalue weighted by Crippen LogP contribution is 2.44. The third-order valence-electron chi connectivity index (χ3n) is 7.46. The minimum atomic E-state index is -3.27. The Bertz CT molecular complexity index is 1000. The Hall–Kier alpha value is -1.57. The second-order valence-electron chi connectivity index (χ2n) is 10.7. The molecular weight excluding hydrogens is 534 g/mol. The van der Waals surface area contributed by atoms with Crippen LogP contribution in [0.5, 0.6) is 0 Å². The first kappa shape index (κ1) is 32.9. The molecule has 3 rings (SSSR count). The molecular formula is C33H47ClF2O4. The van der Waals surface area contributed by atoms with E-state index in [4.69, 9.17) is 30.5 Å². The summed E-state index contributed by atoms with van der Waals surface area (Å²) in [5, 5.41) is 0.628. The van der Waals surface area contributed by atoms with E-state index in [1.807, 2.05) is 39.0 Å². The van der Waals surface area contributed by atoms with E-state index in [9.17, 15) is 0 Å². The highest BCUT2D eigenvalue weighted by molar-refractivity contribution is 6.31. The molecule has 1 heterocycles. The van der Waals surface area contributed by atoms with Gasteiger partial charge in [0.25, 0.3) is 0 Å². The van der Waals surface area contributed by atoms with Gasteiger partial charge in [-0.15, -0.1) is 0 Å². The predicted molar refractivity (Wildman–Crippen MR) is 158 cm³/mol. The van der Waals surface area contributed by atoms with Crippen molar-refractivity contribution in [3.63, 3.8) is 0 Å². The van der Waals surface area contributed by atoms with Crippen molar-refractivity contribution in [1.29, 1.82) is 0 Å². The topological polar surface area (TPSA) is 36.9 Å². The molecule has 4 nitrogen and oxygen atoms in total. The van der Waals surface area contributed by atoms with Crippen LogP contribution in [-0.4, -0.2) is 50.7 Å². The number of ether oxygens (including phenoxy) is 4. The average molecular weight is 581 g/mol. The number of hydrogen-bond donors (Lipinski definition) is 0. The van der Waals surface area contributed by atoms with Gasteiger partial charge in [-0.05, 0) is 60.4 Å². The van der Waals surface area contributed by atoms with Gasteiger partial charge in [0.1, 0.15) is 18.3 Å². The van der Waals surface area contributed by atoms with Crippen molar-refractivity contribution in [2.45, 2.75) is 109 Å². The summed E-state index contributed by atoms with van der Waals surface area (Å²) in [6.45, 7) is 9.02. The molecule has 40 heavy (non-hydrogen) atoms. The zero-order valence-corrected chi connectivity index (χ0v) is 25.4. The first-order valence-electron chi connectivity index (χ1n) is 15.1. The molecule has 0 bridgehead atoms. The molecule has 1 fully saturated rings. The lowest BCUT2D eigenvalue weighted by Crippen LogP contribution is -2.62. The molecule has 0 amide bonds. The molecule has 1 aliphatic heterocycles. The highest BCUT2D eigenvalue weighted by atomic mass is 35.5. The van der Waals surface area contributed by atoms with Crippen LogP contribution in [0.15, 0.2) is 42.5 Å². The van der Waals surface area contributed by atoms with E-state index in [0.29, 0.717) is 31.1 Å². The molecule has 0 radical (unpaired) electrons. The largest absolute Gasteiger partial charge is 0.379 e. The molecule has 0 spiro atoms. The molecule has 4 unspecified atom stereocenters. The molecule has 0 aromatic heterocycles. The predicted octanol–water partition coefficient (Wildman–Crippen LogP) is 8.76. The first-order valence-corrected chi connectivity index (χ1v) is 15.4. The summed E-state index contributed by atoms with van der Waals surface area (Å²) < 4.78 is 55.9. The Morgan fingerprint density at radius 3 is 2.10 bits per heavy atom. The Morgan fingerprint density at radius 2 is 1.45 bits per heavy atom. The number of hydrogen-bond acceptors (Lipinski definition) is 4. The summed E-state index contributed by atoms with van der Waals surface area (Å²) in [5.41, 5.74) is 4.07. The van der Waals surface area contributed by atoms with Crippen molar-refractivity contribution < 1.29 is 27.7 Å². The lowest BCUT2D eigenvalue weighted by Gasteiger charge is -2.46. The van der Waals surface area contributed by atoms with Gasteiger partial charge in [0.15, 0.2) is 6.10 Å². The fraction of sp³-hybridized carbons (Fsp3) is 0.636. The van der Waals surface area contributed by atoms with E-state index in [2.05, 4.69) is 31.2 Å². The Morgan fingerprint density at radius 1 is 0.825 bits per heavy atom. The van der Waals surface area contributed by atoms with Crippen LogP contribution in [-0.2, 0) is 31.8 Å². The Balaban J connectivity index is 1.95. The van der Waals surface area contributed by atoms with Crippen LogP contribution >= 0.6 is 11.6 Å². The van der Waals surface area contributed by atoms with Crippen molar-refractivity contribution in [1.82, 2.24) is 0 Å². The second kappa shape index (κ2) is 16.8. The quantitative estimate of drug-likeness (QED) is 0.175. The van der Waals surface area contributed by atoms with Crippen LogP contribution in [0, 0.1) is 0 Å². The molecule has 2 aromatic carbocycles. The molecule has 2 aromatic rings. The van der Waals surface area contributed by atoms with E-state index in [1.54, 1.807) is 0 Å². The molecule has 1 saturated heterocycles. The molecule has 0 saturated carbocycles. The molecule has 1 aliphatic rings. The van der Waals surface area contributed by atoms with Crippen molar-refractivity contribution in [2.75, 3.05) is 26.4 Å². The van der Waals surface area contributed by atoms with Gasteiger partial charge in [0.05, 0.1) is 6.61 Å². The smallest absolute Gasteiger partial charge is 0.304 e. The lowest BCUT2D eigenvalue weighted by atomic mass is 9.88. The summed E-state index contributed by atoms with van der Waals surface area (Å²) >= 11 is 6.63. The van der Waals surface area contributed by atoms with Gasteiger partial charge in [0.2, 0.25) is 0 Å². The summed E-state index contributed by atoms with van der Waals surface area (Å²) in [4.78, 5) is 0. The van der Waals surface area contributed by atoms with Crippen molar-refractivity contribution in [3.05, 3.63) is 69.7 Å². The minimum Gasteiger partial charge on any atom is -0.379 e. The van der Waals surface area contributed by atoms with Gasteiger partial charge < -0.3 is 18.9 Å². The molecule has 224 valence electrons. The van der Waals surface area contributed by atoms with Crippen LogP contribution in [0.25, 0.3) is 0 Å². The van der Waals surface area contributed by atoms with Gasteiger partial charge in [-0.3, -0.25) is 0 Å². The van der Waals surface area contributed by atoms with E-state index in [1.165, 1.54) is 5.56 Å². The van der Waals surface area contributed by atoms with Crippen LogP contribution in [0.4, 0.5) is 8.78 Å². The number of halogens is 3. The zero-order valence-electron chi connectivity index (χ0n) is 24.6. The number of benzene rings is 2. The fourth-order valence-corrected chi connectivity index (χ4v) is 5.06. The third kappa shape index (κ3) is 8.96. The van der Waals surface area contributed by atoms with Crippen molar-refractivity contribution in [3.8, 4) is 0 Å². The number of unbranched alkanes of at least 4 members (excludes halogenated alkanes) is 3. The van der Waals surface area contributed by atoms with Crippen LogP contribution in [0.2, 0.25) is 5.02 Å². The first-order chi connectivity index (χ1) is 19.3. The van der Waals surface area contributed by atoms with Gasteiger partial charge in [-0.1, -0.05) is 95.0 Å². The minimum absolute atomic E-state index is 0.205. The van der Waals surface area contributed by atoms with Crippen LogP contribution < -0.4 is 0 Å². The van der Waals surface area contributed by atoms with Gasteiger partial charge in [-0.2, -0.15) is 0 Å². The number of rotatable bonds is 17. The lowest BCUT2D eigenvalue weighted by molar-refractivity contribution is -0.316. The van der Waals surface area contributed by atoms with E-state index < -0.39 is 30.3 Å². The maximum absolute atomic E-state index is 16.0. The maximum Gasteiger partial charge on any atom is 0.304 e. The molecule has 4 atom stereocenters. The van der Waals surface area contributed by atoms with E-state index in [0.717, 1.165) is 55.2 Å². The number of alkyl halides is 2. The van der Waals surface area contributed by atoms with Gasteiger partial charge in [0, 0.05) is 24.8 Å². The third-order valence-corrected chi connectivity index (χ3v) is 7.82. The fourth-order valence-electron chi connectivity index (χ4n) is 4.88. The average Bonchev–Trinajstić information content (AvgIpc) is 2.95. The van der Waals surface area contributed by atoms with E-state index >= 15 is 8.78 Å². The number of aryl methyl sites for hydroxylation is 1.